The molecule has 1 saturated heterocycles. The first-order valence-corrected chi connectivity index (χ1v) is 20.6. The summed E-state index contributed by atoms with van der Waals surface area (Å²) < 4.78 is 30.3. The summed E-state index contributed by atoms with van der Waals surface area (Å²) in [5, 5.41) is 14.5. The summed E-state index contributed by atoms with van der Waals surface area (Å²) in [6.45, 7) is 14.6. The number of nitrogens with one attached hydrogen (secondary N) is 2. The Labute approximate surface area is 286 Å². The molecule has 4 heterocycles. The molecule has 1 fully saturated rings. The second kappa shape index (κ2) is 16.5. The number of amides is 2. The molecular weight excluding hydrogens is 664 g/mol. The molecule has 1 aliphatic heterocycles. The molecule has 0 aliphatic carbocycles. The number of aromatic nitrogens is 5. The van der Waals surface area contributed by atoms with Crippen molar-refractivity contribution in [1.29, 1.82) is 0 Å². The molecule has 0 saturated carbocycles. The maximum atomic E-state index is 15.5. The van der Waals surface area contributed by atoms with Crippen LogP contribution in [0, 0.1) is 26.7 Å². The van der Waals surface area contributed by atoms with Crippen LogP contribution in [0.2, 0.25) is 25.7 Å². The standard InChI is InChI=1S/C32H46Cl2FN7O4Si/c1-20-29(22(3)41(40-20)19-46-16-17-47(4,5)6)24-10-11-28(38-30(24)35)39-32(44)26(8-7-9-27(33)34)37-31(43)25-18-36-42(21(25)2)23-12-14-45-15-13-23/h10-11,18,23,26-27H,7-9,12-17,19H2,1-6H3,(H,37,43)(H,38,39,44)/t26-/m0/s1. The molecular formula is C32H46Cl2FN7O4Si. The number of anilines is 1. The van der Waals surface area contributed by atoms with Crippen molar-refractivity contribution in [2.75, 3.05) is 25.1 Å². The van der Waals surface area contributed by atoms with Crippen molar-refractivity contribution < 1.29 is 23.5 Å². The van der Waals surface area contributed by atoms with Crippen molar-refractivity contribution in [2.45, 2.75) is 102 Å². The van der Waals surface area contributed by atoms with Gasteiger partial charge in [0.1, 0.15) is 23.4 Å². The number of hydrogen-bond acceptors (Lipinski definition) is 7. The highest BCUT2D eigenvalue weighted by Crippen LogP contribution is 2.30. The molecule has 1 aliphatic rings. The number of aryl methyl sites for hydroxylation is 1. The third kappa shape index (κ3) is 10.1. The van der Waals surface area contributed by atoms with Crippen LogP contribution in [0.1, 0.15) is 65.6 Å². The van der Waals surface area contributed by atoms with E-state index in [1.165, 1.54) is 12.3 Å². The summed E-state index contributed by atoms with van der Waals surface area (Å²) in [5.74, 6) is -1.71. The van der Waals surface area contributed by atoms with Crippen LogP contribution in [0.3, 0.4) is 0 Å². The van der Waals surface area contributed by atoms with Crippen LogP contribution < -0.4 is 10.6 Å². The van der Waals surface area contributed by atoms with Gasteiger partial charge in [0.05, 0.1) is 23.5 Å². The second-order valence-electron chi connectivity index (χ2n) is 13.2. The minimum Gasteiger partial charge on any atom is -0.381 e. The number of alkyl halides is 2. The molecule has 0 spiro atoms. The lowest BCUT2D eigenvalue weighted by molar-refractivity contribution is -0.118. The average molecular weight is 711 g/mol. The van der Waals surface area contributed by atoms with Gasteiger partial charge in [0, 0.05) is 50.4 Å². The largest absolute Gasteiger partial charge is 0.381 e. The smallest absolute Gasteiger partial charge is 0.255 e. The van der Waals surface area contributed by atoms with Crippen LogP contribution in [-0.4, -0.2) is 75.1 Å². The van der Waals surface area contributed by atoms with E-state index in [2.05, 4.69) is 45.5 Å². The fourth-order valence-electron chi connectivity index (χ4n) is 5.57. The van der Waals surface area contributed by atoms with E-state index in [4.69, 9.17) is 32.7 Å². The first-order chi connectivity index (χ1) is 22.2. The van der Waals surface area contributed by atoms with Crippen molar-refractivity contribution in [1.82, 2.24) is 29.9 Å². The van der Waals surface area contributed by atoms with E-state index >= 15 is 4.39 Å². The van der Waals surface area contributed by atoms with E-state index < -0.39 is 36.7 Å². The van der Waals surface area contributed by atoms with Crippen LogP contribution in [0.4, 0.5) is 10.2 Å². The molecule has 258 valence electrons. The normalized spacial score (nSPS) is 14.9. The van der Waals surface area contributed by atoms with Crippen molar-refractivity contribution in [3.8, 4) is 11.1 Å². The van der Waals surface area contributed by atoms with Gasteiger partial charge in [-0.3, -0.25) is 14.3 Å². The number of nitrogens with zero attached hydrogens (tertiary/aromatic N) is 5. The molecule has 0 unspecified atom stereocenters. The van der Waals surface area contributed by atoms with Crippen LogP contribution in [-0.2, 0) is 21.0 Å². The molecule has 0 bridgehead atoms. The van der Waals surface area contributed by atoms with Gasteiger partial charge in [0.2, 0.25) is 11.9 Å². The van der Waals surface area contributed by atoms with Gasteiger partial charge < -0.3 is 20.1 Å². The molecule has 4 rings (SSSR count). The summed E-state index contributed by atoms with van der Waals surface area (Å²) >= 11 is 11.8. The van der Waals surface area contributed by atoms with Crippen LogP contribution in [0.15, 0.2) is 18.3 Å². The van der Waals surface area contributed by atoms with Crippen molar-refractivity contribution in [3.63, 3.8) is 0 Å². The van der Waals surface area contributed by atoms with Gasteiger partial charge >= 0.3 is 0 Å². The molecule has 3 aromatic rings. The first kappa shape index (κ1) is 37.0. The Morgan fingerprint density at radius 3 is 2.51 bits per heavy atom. The van der Waals surface area contributed by atoms with E-state index in [-0.39, 0.29) is 30.6 Å². The molecule has 0 aromatic carbocycles. The highest BCUT2D eigenvalue weighted by molar-refractivity contribution is 6.76. The highest BCUT2D eigenvalue weighted by atomic mass is 35.5. The third-order valence-corrected chi connectivity index (χ3v) is 10.5. The Morgan fingerprint density at radius 2 is 1.85 bits per heavy atom. The third-order valence-electron chi connectivity index (χ3n) is 8.32. The summed E-state index contributed by atoms with van der Waals surface area (Å²) in [4.78, 5) is 30.2. The monoisotopic (exact) mass is 709 g/mol. The lowest BCUT2D eigenvalue weighted by Crippen LogP contribution is -2.44. The number of carbonyl (C=O) groups excluding carboxylic acids is 2. The molecule has 15 heteroatoms. The number of rotatable bonds is 15. The fraction of sp³-hybridized carbons (Fsp3) is 0.594. The van der Waals surface area contributed by atoms with Gasteiger partial charge in [-0.15, -0.1) is 23.2 Å². The maximum Gasteiger partial charge on any atom is 0.255 e. The highest BCUT2D eigenvalue weighted by Gasteiger charge is 2.27. The lowest BCUT2D eigenvalue weighted by atomic mass is 10.1. The Balaban J connectivity index is 1.46. The van der Waals surface area contributed by atoms with Gasteiger partial charge in [-0.25, -0.2) is 9.67 Å². The van der Waals surface area contributed by atoms with Gasteiger partial charge in [-0.05, 0) is 71.1 Å². The molecule has 47 heavy (non-hydrogen) atoms. The van der Waals surface area contributed by atoms with Crippen LogP contribution >= 0.6 is 23.2 Å². The minimum atomic E-state index is -1.22. The van der Waals surface area contributed by atoms with Gasteiger partial charge in [-0.1, -0.05) is 19.6 Å². The van der Waals surface area contributed by atoms with Crippen LogP contribution in [0.5, 0.6) is 0 Å². The lowest BCUT2D eigenvalue weighted by Gasteiger charge is -2.23. The quantitative estimate of drug-likeness (QED) is 0.0790. The van der Waals surface area contributed by atoms with E-state index in [1.54, 1.807) is 10.7 Å². The van der Waals surface area contributed by atoms with Crippen molar-refractivity contribution >= 4 is 48.9 Å². The predicted octanol–water partition coefficient (Wildman–Crippen LogP) is 6.58. The molecule has 3 aromatic heterocycles. The second-order valence-corrected chi connectivity index (χ2v) is 20.1. The Morgan fingerprint density at radius 1 is 1.13 bits per heavy atom. The van der Waals surface area contributed by atoms with Crippen molar-refractivity contribution in [3.05, 3.63) is 46.9 Å². The van der Waals surface area contributed by atoms with Gasteiger partial charge in [-0.2, -0.15) is 14.6 Å². The van der Waals surface area contributed by atoms with E-state index in [0.717, 1.165) is 24.6 Å². The fourth-order valence-corrected chi connectivity index (χ4v) is 6.64. The molecule has 2 amide bonds. The summed E-state index contributed by atoms with van der Waals surface area (Å²) in [6, 6.07) is 3.34. The average Bonchev–Trinajstić information content (AvgIpc) is 3.52. The van der Waals surface area contributed by atoms with Crippen LogP contribution in [0.25, 0.3) is 11.1 Å². The number of pyridine rings is 1. The summed E-state index contributed by atoms with van der Waals surface area (Å²) in [6.07, 6.45) is 4.30. The first-order valence-electron chi connectivity index (χ1n) is 16.1. The Bertz CT molecular complexity index is 1540. The zero-order chi connectivity index (χ0) is 34.3. The summed E-state index contributed by atoms with van der Waals surface area (Å²) in [5.41, 5.74) is 3.38. The molecule has 11 nitrogen and oxygen atoms in total. The molecule has 1 atom stereocenters. The Kier molecular flexibility index (Phi) is 13.0. The molecule has 0 radical (unpaired) electrons. The van der Waals surface area contributed by atoms with Gasteiger partial charge in [0.25, 0.3) is 5.91 Å². The SMILES string of the molecule is Cc1nn(COCC[Si](C)(C)C)c(C)c1-c1ccc(NC(=O)[C@H](CCCC(Cl)Cl)NC(=O)c2cnn(C3CCOCC3)c2C)nc1F. The van der Waals surface area contributed by atoms with E-state index in [1.807, 2.05) is 25.5 Å². The van der Waals surface area contributed by atoms with Gasteiger partial charge in [0.15, 0.2) is 0 Å². The topological polar surface area (TPSA) is 125 Å². The van der Waals surface area contributed by atoms with E-state index in [9.17, 15) is 9.59 Å². The maximum absolute atomic E-state index is 15.5. The summed E-state index contributed by atoms with van der Waals surface area (Å²) in [7, 11) is -1.22. The number of halogens is 3. The minimum absolute atomic E-state index is 0.0176. The number of ether oxygens (including phenoxy) is 2. The number of hydrogen-bond donors (Lipinski definition) is 2. The number of carbonyl (C=O) groups is 2. The van der Waals surface area contributed by atoms with Crippen molar-refractivity contribution in [2.24, 2.45) is 0 Å². The molecule has 2 N–H and O–H groups in total. The zero-order valence-corrected chi connectivity index (χ0v) is 30.5. The zero-order valence-electron chi connectivity index (χ0n) is 28.0. The van der Waals surface area contributed by atoms with E-state index in [0.29, 0.717) is 55.2 Å². The predicted molar refractivity (Wildman–Crippen MR) is 184 cm³/mol. The Hall–Kier alpha value is -2.84.